The van der Waals surface area contributed by atoms with Gasteiger partial charge >= 0.3 is 10.2 Å². The SMILES string of the molecule is COCCc1nc2c(N)nc3ccccc3c2n1CCCCNS(=O)(=O)/N=C(\C)c1ccccc1. The fourth-order valence-electron chi connectivity index (χ4n) is 4.07. The third-order valence-corrected chi connectivity index (χ3v) is 6.84. The zero-order valence-corrected chi connectivity index (χ0v) is 20.8. The topological polar surface area (TPSA) is 124 Å². The Labute approximate surface area is 205 Å². The highest BCUT2D eigenvalue weighted by atomic mass is 32.2. The Morgan fingerprint density at radius 1 is 1.09 bits per heavy atom. The molecule has 0 atom stereocenters. The van der Waals surface area contributed by atoms with Crippen LogP contribution in [0.5, 0.6) is 0 Å². The van der Waals surface area contributed by atoms with Crippen LogP contribution in [-0.2, 0) is 27.9 Å². The zero-order valence-electron chi connectivity index (χ0n) is 19.9. The largest absolute Gasteiger partial charge is 0.384 e. The molecule has 3 N–H and O–H groups in total. The second-order valence-electron chi connectivity index (χ2n) is 8.25. The summed E-state index contributed by atoms with van der Waals surface area (Å²) in [4.78, 5) is 9.27. The Balaban J connectivity index is 1.47. The predicted octanol–water partition coefficient (Wildman–Crippen LogP) is 3.48. The summed E-state index contributed by atoms with van der Waals surface area (Å²) < 4.78 is 38.7. The number of hydrogen-bond donors (Lipinski definition) is 2. The van der Waals surface area contributed by atoms with Crippen LogP contribution in [-0.4, -0.2) is 48.9 Å². The Hall–Kier alpha value is -3.34. The highest BCUT2D eigenvalue weighted by molar-refractivity contribution is 7.88. The van der Waals surface area contributed by atoms with Crippen molar-refractivity contribution in [3.63, 3.8) is 0 Å². The number of fused-ring (bicyclic) bond motifs is 3. The number of nitrogens with one attached hydrogen (secondary N) is 1. The number of imidazole rings is 1. The number of aromatic nitrogens is 3. The fourth-order valence-corrected chi connectivity index (χ4v) is 5.00. The second kappa shape index (κ2) is 10.9. The van der Waals surface area contributed by atoms with Gasteiger partial charge in [0, 0.05) is 32.0 Å². The van der Waals surface area contributed by atoms with Gasteiger partial charge in [0.25, 0.3) is 0 Å². The average Bonchev–Trinajstić information content (AvgIpc) is 3.22. The van der Waals surface area contributed by atoms with E-state index in [0.717, 1.165) is 34.2 Å². The van der Waals surface area contributed by atoms with E-state index in [9.17, 15) is 8.42 Å². The van der Waals surface area contributed by atoms with Gasteiger partial charge in [-0.05, 0) is 31.4 Å². The van der Waals surface area contributed by atoms with Gasteiger partial charge in [0.05, 0.1) is 23.4 Å². The molecule has 2 heterocycles. The number of nitrogen functional groups attached to an aromatic ring is 1. The molecule has 0 aliphatic heterocycles. The fraction of sp³-hybridized carbons (Fsp3) is 0.320. The van der Waals surface area contributed by atoms with E-state index in [1.165, 1.54) is 0 Å². The molecule has 10 heteroatoms. The lowest BCUT2D eigenvalue weighted by Gasteiger charge is -2.11. The summed E-state index contributed by atoms with van der Waals surface area (Å²) in [5.41, 5.74) is 9.90. The normalized spacial score (nSPS) is 12.6. The second-order valence-corrected chi connectivity index (χ2v) is 9.67. The van der Waals surface area contributed by atoms with Gasteiger partial charge in [-0.3, -0.25) is 0 Å². The molecular formula is C25H30N6O3S. The summed E-state index contributed by atoms with van der Waals surface area (Å²) in [6, 6.07) is 17.1. The minimum absolute atomic E-state index is 0.290. The van der Waals surface area contributed by atoms with Crippen molar-refractivity contribution in [2.24, 2.45) is 4.40 Å². The van der Waals surface area contributed by atoms with E-state index in [1.807, 2.05) is 54.6 Å². The quantitative estimate of drug-likeness (QED) is 0.243. The number of benzene rings is 2. The summed E-state index contributed by atoms with van der Waals surface area (Å²) in [6.45, 7) is 3.17. The van der Waals surface area contributed by atoms with Crippen LogP contribution in [0.2, 0.25) is 0 Å². The lowest BCUT2D eigenvalue weighted by molar-refractivity contribution is 0.199. The lowest BCUT2D eigenvalue weighted by atomic mass is 10.1. The first-order chi connectivity index (χ1) is 16.9. The van der Waals surface area contributed by atoms with Crippen LogP contribution >= 0.6 is 0 Å². The smallest absolute Gasteiger partial charge is 0.320 e. The molecule has 0 unspecified atom stereocenters. The van der Waals surface area contributed by atoms with Crippen molar-refractivity contribution >= 4 is 43.7 Å². The number of nitrogens with two attached hydrogens (primary N) is 1. The monoisotopic (exact) mass is 494 g/mol. The maximum atomic E-state index is 12.4. The molecule has 0 saturated heterocycles. The first-order valence-corrected chi connectivity index (χ1v) is 13.0. The molecule has 0 fully saturated rings. The standard InChI is InChI=1S/C25H30N6O3S/c1-18(19-10-4-3-5-11-19)30-35(32,33)27-15-8-9-16-31-22(14-17-34-2)29-23-24(31)20-12-6-7-13-21(20)28-25(23)26/h3-7,10-13,27H,8-9,14-17H2,1-2H3,(H2,26,28)/b30-18+. The number of para-hydroxylation sites is 1. The van der Waals surface area contributed by atoms with E-state index in [2.05, 4.69) is 18.7 Å². The number of nitrogens with zero attached hydrogens (tertiary/aromatic N) is 4. The van der Waals surface area contributed by atoms with Crippen LogP contribution in [0.25, 0.3) is 21.9 Å². The van der Waals surface area contributed by atoms with Gasteiger partial charge in [0.1, 0.15) is 11.3 Å². The number of aryl methyl sites for hydroxylation is 1. The molecule has 0 aliphatic carbocycles. The van der Waals surface area contributed by atoms with Gasteiger partial charge < -0.3 is 15.0 Å². The molecule has 35 heavy (non-hydrogen) atoms. The molecule has 4 aromatic rings. The van der Waals surface area contributed by atoms with Gasteiger partial charge in [-0.1, -0.05) is 48.5 Å². The number of anilines is 1. The van der Waals surface area contributed by atoms with Crippen LogP contribution in [0.4, 0.5) is 5.82 Å². The number of methoxy groups -OCH3 is 1. The van der Waals surface area contributed by atoms with Crippen molar-refractivity contribution in [2.45, 2.75) is 32.7 Å². The lowest BCUT2D eigenvalue weighted by Crippen LogP contribution is -2.24. The van der Waals surface area contributed by atoms with Gasteiger partial charge in [-0.15, -0.1) is 0 Å². The Kier molecular flexibility index (Phi) is 7.74. The summed E-state index contributed by atoms with van der Waals surface area (Å²) in [5, 5.41) is 0.985. The Bertz CT molecular complexity index is 1450. The number of unbranched alkanes of at least 4 members (excludes halogenated alkanes) is 1. The van der Waals surface area contributed by atoms with Gasteiger partial charge in [0.2, 0.25) is 0 Å². The van der Waals surface area contributed by atoms with Crippen LogP contribution in [0.3, 0.4) is 0 Å². The van der Waals surface area contributed by atoms with Crippen molar-refractivity contribution in [1.82, 2.24) is 19.3 Å². The molecule has 0 saturated carbocycles. The van der Waals surface area contributed by atoms with Gasteiger partial charge in [-0.25, -0.2) is 9.97 Å². The molecule has 0 amide bonds. The first kappa shape index (κ1) is 24.8. The summed E-state index contributed by atoms with van der Waals surface area (Å²) in [7, 11) is -2.12. The minimum atomic E-state index is -3.78. The van der Waals surface area contributed by atoms with Crippen molar-refractivity contribution in [1.29, 1.82) is 0 Å². The summed E-state index contributed by atoms with van der Waals surface area (Å²) in [5.74, 6) is 1.27. The number of hydrogen-bond acceptors (Lipinski definition) is 6. The molecular weight excluding hydrogens is 464 g/mol. The van der Waals surface area contributed by atoms with Crippen molar-refractivity contribution in [3.8, 4) is 0 Å². The van der Waals surface area contributed by atoms with E-state index in [4.69, 9.17) is 15.5 Å². The molecule has 2 aromatic carbocycles. The minimum Gasteiger partial charge on any atom is -0.384 e. The van der Waals surface area contributed by atoms with Crippen molar-refractivity contribution in [3.05, 3.63) is 66.0 Å². The highest BCUT2D eigenvalue weighted by Gasteiger charge is 2.17. The third-order valence-electron chi connectivity index (χ3n) is 5.76. The van der Waals surface area contributed by atoms with E-state index in [-0.39, 0.29) is 0 Å². The van der Waals surface area contributed by atoms with Crippen LogP contribution in [0.1, 0.15) is 31.2 Å². The van der Waals surface area contributed by atoms with E-state index >= 15 is 0 Å². The maximum absolute atomic E-state index is 12.4. The molecule has 184 valence electrons. The van der Waals surface area contributed by atoms with Crippen molar-refractivity contribution in [2.75, 3.05) is 26.0 Å². The number of ether oxygens (including phenoxy) is 1. The molecule has 0 radical (unpaired) electrons. The maximum Gasteiger partial charge on any atom is 0.320 e. The van der Waals surface area contributed by atoms with E-state index in [0.29, 0.717) is 49.6 Å². The summed E-state index contributed by atoms with van der Waals surface area (Å²) >= 11 is 0. The molecule has 2 aromatic heterocycles. The number of pyridine rings is 1. The van der Waals surface area contributed by atoms with E-state index < -0.39 is 10.2 Å². The van der Waals surface area contributed by atoms with Gasteiger partial charge in [-0.2, -0.15) is 17.5 Å². The van der Waals surface area contributed by atoms with Crippen LogP contribution < -0.4 is 10.5 Å². The highest BCUT2D eigenvalue weighted by Crippen LogP contribution is 2.29. The Morgan fingerprint density at radius 2 is 1.83 bits per heavy atom. The van der Waals surface area contributed by atoms with Crippen LogP contribution in [0.15, 0.2) is 59.0 Å². The summed E-state index contributed by atoms with van der Waals surface area (Å²) in [6.07, 6.45) is 2.02. The molecule has 0 aliphatic rings. The van der Waals surface area contributed by atoms with Crippen molar-refractivity contribution < 1.29 is 13.2 Å². The van der Waals surface area contributed by atoms with Crippen LogP contribution in [0, 0.1) is 0 Å². The number of rotatable bonds is 11. The molecule has 0 spiro atoms. The zero-order chi connectivity index (χ0) is 24.8. The van der Waals surface area contributed by atoms with Gasteiger partial charge in [0.15, 0.2) is 5.82 Å². The molecule has 9 nitrogen and oxygen atoms in total. The first-order valence-electron chi connectivity index (χ1n) is 11.5. The third kappa shape index (κ3) is 5.84. The Morgan fingerprint density at radius 3 is 2.60 bits per heavy atom. The average molecular weight is 495 g/mol. The molecule has 4 rings (SSSR count). The molecule has 0 bridgehead atoms. The predicted molar refractivity (Wildman–Crippen MR) is 140 cm³/mol. The van der Waals surface area contributed by atoms with E-state index in [1.54, 1.807) is 14.0 Å².